The largest absolute Gasteiger partial charge is 0.369 e. The Hall–Kier alpha value is -3.24. The molecule has 0 spiro atoms. The maximum Gasteiger partial charge on any atom is 0.230 e. The molecule has 1 unspecified atom stereocenters. The van der Waals surface area contributed by atoms with Gasteiger partial charge in [0.2, 0.25) is 17.7 Å². The van der Waals surface area contributed by atoms with Gasteiger partial charge in [-0.15, -0.1) is 0 Å². The van der Waals surface area contributed by atoms with Crippen molar-refractivity contribution in [1.82, 2.24) is 4.98 Å². The monoisotopic (exact) mass is 470 g/mol. The maximum atomic E-state index is 13.6. The summed E-state index contributed by atoms with van der Waals surface area (Å²) < 4.78 is 14.2. The van der Waals surface area contributed by atoms with Gasteiger partial charge >= 0.3 is 0 Å². The van der Waals surface area contributed by atoms with Crippen LogP contribution in [-0.4, -0.2) is 35.0 Å². The molecule has 4 rings (SSSR count). The number of aromatic nitrogens is 1. The van der Waals surface area contributed by atoms with Gasteiger partial charge in [-0.2, -0.15) is 0 Å². The van der Waals surface area contributed by atoms with E-state index in [0.717, 1.165) is 5.56 Å². The van der Waals surface area contributed by atoms with E-state index in [1.165, 1.54) is 46.2 Å². The molecule has 7 nitrogen and oxygen atoms in total. The number of nitrogens with zero attached hydrogens (tertiary/aromatic N) is 2. The van der Waals surface area contributed by atoms with E-state index in [1.807, 2.05) is 30.3 Å². The minimum Gasteiger partial charge on any atom is -0.369 e. The van der Waals surface area contributed by atoms with E-state index in [9.17, 15) is 18.8 Å². The van der Waals surface area contributed by atoms with Crippen LogP contribution in [0.5, 0.6) is 0 Å². The van der Waals surface area contributed by atoms with Crippen LogP contribution in [0.25, 0.3) is 11.3 Å². The van der Waals surface area contributed by atoms with E-state index in [2.05, 4.69) is 10.3 Å². The maximum absolute atomic E-state index is 13.6. The Morgan fingerprint density at radius 1 is 1.22 bits per heavy atom. The van der Waals surface area contributed by atoms with Crippen LogP contribution in [0.1, 0.15) is 6.42 Å². The number of halogens is 1. The van der Waals surface area contributed by atoms with Gasteiger partial charge in [0.05, 0.1) is 11.7 Å². The highest BCUT2D eigenvalue weighted by molar-refractivity contribution is 8.01. The number of hydrogen-bond donors (Lipinski definition) is 2. The Balaban J connectivity index is 1.53. The number of thioether (sulfide) groups is 1. The van der Waals surface area contributed by atoms with Crippen LogP contribution in [-0.2, 0) is 14.4 Å². The average molecular weight is 471 g/mol. The molecular weight excluding hydrogens is 451 g/mol. The molecule has 3 amide bonds. The number of carbonyl (C=O) groups excluding carboxylic acids is 3. The van der Waals surface area contributed by atoms with Crippen LogP contribution in [0.3, 0.4) is 0 Å². The number of nitrogens with one attached hydrogen (secondary N) is 1. The summed E-state index contributed by atoms with van der Waals surface area (Å²) in [4.78, 5) is 42.6. The van der Waals surface area contributed by atoms with Crippen LogP contribution in [0.4, 0.5) is 15.1 Å². The van der Waals surface area contributed by atoms with Crippen LogP contribution >= 0.6 is 23.1 Å². The standard InChI is InChI=1S/C22H19FN4O3S2/c23-15-7-4-8-16(10-15)27-11-14(9-18(27)29)20(30)26-21-19(13-5-2-1-3-6-13)25-22(32-21)31-12-17(24)28/h1-8,10,14H,9,11-12H2,(H2,24,28)(H,26,30). The molecule has 164 valence electrons. The fourth-order valence-electron chi connectivity index (χ4n) is 3.36. The van der Waals surface area contributed by atoms with Crippen molar-refractivity contribution in [1.29, 1.82) is 0 Å². The van der Waals surface area contributed by atoms with Gasteiger partial charge in [0.1, 0.15) is 16.5 Å². The molecule has 2 aromatic carbocycles. The Kier molecular flexibility index (Phi) is 6.52. The SMILES string of the molecule is NC(=O)CSc1nc(-c2ccccc2)c(NC(=O)C2CC(=O)N(c3cccc(F)c3)C2)s1. The Morgan fingerprint density at radius 2 is 2.00 bits per heavy atom. The van der Waals surface area contributed by atoms with Gasteiger partial charge in [-0.1, -0.05) is 59.5 Å². The summed E-state index contributed by atoms with van der Waals surface area (Å²) in [7, 11) is 0. The van der Waals surface area contributed by atoms with E-state index in [0.29, 0.717) is 20.7 Å². The first-order valence-electron chi connectivity index (χ1n) is 9.75. The second-order valence-electron chi connectivity index (χ2n) is 7.15. The number of nitrogens with two attached hydrogens (primary N) is 1. The molecule has 32 heavy (non-hydrogen) atoms. The number of rotatable bonds is 7. The molecule has 0 bridgehead atoms. The summed E-state index contributed by atoms with van der Waals surface area (Å²) in [5.74, 6) is -1.96. The fraction of sp³-hybridized carbons (Fsp3) is 0.182. The number of hydrogen-bond acceptors (Lipinski definition) is 6. The molecule has 1 saturated heterocycles. The molecule has 3 aromatic rings. The van der Waals surface area contributed by atoms with E-state index in [-0.39, 0.29) is 30.5 Å². The lowest BCUT2D eigenvalue weighted by molar-refractivity contribution is -0.122. The van der Waals surface area contributed by atoms with E-state index >= 15 is 0 Å². The van der Waals surface area contributed by atoms with Gasteiger partial charge in [-0.3, -0.25) is 14.4 Å². The van der Waals surface area contributed by atoms with Gasteiger partial charge in [-0.25, -0.2) is 9.37 Å². The second kappa shape index (κ2) is 9.49. The predicted octanol–water partition coefficient (Wildman–Crippen LogP) is 3.52. The highest BCUT2D eigenvalue weighted by Crippen LogP contribution is 2.38. The number of anilines is 2. The normalized spacial score (nSPS) is 15.7. The van der Waals surface area contributed by atoms with Gasteiger partial charge in [0, 0.05) is 24.2 Å². The van der Waals surface area contributed by atoms with Gasteiger partial charge in [0.25, 0.3) is 0 Å². The lowest BCUT2D eigenvalue weighted by Crippen LogP contribution is -2.28. The first-order chi connectivity index (χ1) is 15.4. The molecule has 1 fully saturated rings. The molecule has 1 atom stereocenters. The third-order valence-electron chi connectivity index (χ3n) is 4.85. The van der Waals surface area contributed by atoms with Crippen molar-refractivity contribution < 1.29 is 18.8 Å². The molecule has 0 radical (unpaired) electrons. The quantitative estimate of drug-likeness (QED) is 0.514. The van der Waals surface area contributed by atoms with Crippen molar-refractivity contribution in [3.05, 3.63) is 60.4 Å². The molecule has 1 aliphatic rings. The van der Waals surface area contributed by atoms with Crippen molar-refractivity contribution in [2.45, 2.75) is 10.8 Å². The summed E-state index contributed by atoms with van der Waals surface area (Å²) >= 11 is 2.45. The van der Waals surface area contributed by atoms with E-state index in [4.69, 9.17) is 5.73 Å². The van der Waals surface area contributed by atoms with E-state index in [1.54, 1.807) is 6.07 Å². The zero-order valence-corrected chi connectivity index (χ0v) is 18.4. The number of amides is 3. The highest BCUT2D eigenvalue weighted by Gasteiger charge is 2.36. The van der Waals surface area contributed by atoms with Crippen LogP contribution in [0.2, 0.25) is 0 Å². The fourth-order valence-corrected chi connectivity index (χ4v) is 5.17. The van der Waals surface area contributed by atoms with Crippen LogP contribution < -0.4 is 16.0 Å². The average Bonchev–Trinajstić information content (AvgIpc) is 3.36. The lowest BCUT2D eigenvalue weighted by Gasteiger charge is -2.16. The minimum absolute atomic E-state index is 0.0328. The summed E-state index contributed by atoms with van der Waals surface area (Å²) in [6, 6.07) is 15.1. The van der Waals surface area contributed by atoms with Gasteiger partial charge in [-0.05, 0) is 18.2 Å². The first-order valence-corrected chi connectivity index (χ1v) is 11.5. The van der Waals surface area contributed by atoms with Crippen LogP contribution in [0.15, 0.2) is 58.9 Å². The summed E-state index contributed by atoms with van der Waals surface area (Å²) in [5.41, 5.74) is 7.06. The molecule has 3 N–H and O–H groups in total. The molecule has 1 aliphatic heterocycles. The number of thiazole rings is 1. The van der Waals surface area contributed by atoms with Gasteiger partial charge in [0.15, 0.2) is 4.34 Å². The lowest BCUT2D eigenvalue weighted by atomic mass is 10.1. The summed E-state index contributed by atoms with van der Waals surface area (Å²) in [6.07, 6.45) is 0.0328. The Labute approximate surface area is 191 Å². The number of benzene rings is 2. The van der Waals surface area contributed by atoms with E-state index < -0.39 is 17.6 Å². The van der Waals surface area contributed by atoms with Crippen molar-refractivity contribution in [3.63, 3.8) is 0 Å². The minimum atomic E-state index is -0.585. The second-order valence-corrected chi connectivity index (χ2v) is 9.37. The molecule has 0 aliphatic carbocycles. The molecular formula is C22H19FN4O3S2. The van der Waals surface area contributed by atoms with Crippen LogP contribution in [0, 0.1) is 11.7 Å². The Bertz CT molecular complexity index is 1170. The topological polar surface area (TPSA) is 105 Å². The summed E-state index contributed by atoms with van der Waals surface area (Å²) in [6.45, 7) is 0.164. The first kappa shape index (κ1) is 22.0. The van der Waals surface area contributed by atoms with Crippen molar-refractivity contribution >= 4 is 51.5 Å². The van der Waals surface area contributed by atoms with Crippen molar-refractivity contribution in [2.75, 3.05) is 22.5 Å². The number of primary amides is 1. The van der Waals surface area contributed by atoms with Crippen molar-refractivity contribution in [3.8, 4) is 11.3 Å². The third-order valence-corrected chi connectivity index (χ3v) is 6.98. The number of carbonyl (C=O) groups is 3. The van der Waals surface area contributed by atoms with Gasteiger partial charge < -0.3 is 16.0 Å². The smallest absolute Gasteiger partial charge is 0.230 e. The molecule has 1 aromatic heterocycles. The zero-order chi connectivity index (χ0) is 22.7. The summed E-state index contributed by atoms with van der Waals surface area (Å²) in [5, 5.41) is 3.43. The highest BCUT2D eigenvalue weighted by atomic mass is 32.2. The third kappa shape index (κ3) is 4.97. The Morgan fingerprint density at radius 3 is 2.72 bits per heavy atom. The molecule has 0 saturated carbocycles. The molecule has 10 heteroatoms. The predicted molar refractivity (Wildman–Crippen MR) is 123 cm³/mol. The zero-order valence-electron chi connectivity index (χ0n) is 16.8. The molecule has 2 heterocycles. The van der Waals surface area contributed by atoms with Crippen molar-refractivity contribution in [2.24, 2.45) is 11.7 Å².